The van der Waals surface area contributed by atoms with E-state index in [-0.39, 0.29) is 18.3 Å². The number of nitrogens with one attached hydrogen (secondary N) is 2. The minimum absolute atomic E-state index is 0. The number of carbonyl (C=O) groups excluding carboxylic acids is 1. The SMILES string of the molecule is Cl.NC1(C(=O)Nc2ccc(-c3nn[nH]n3)cc2)CC1. The van der Waals surface area contributed by atoms with Crippen LogP contribution in [0.15, 0.2) is 24.3 Å². The number of aromatic amines is 1. The van der Waals surface area contributed by atoms with E-state index in [4.69, 9.17) is 5.73 Å². The van der Waals surface area contributed by atoms with Crippen LogP contribution in [0.4, 0.5) is 5.69 Å². The molecule has 1 amide bonds. The second-order valence-electron chi connectivity index (χ2n) is 4.42. The Hall–Kier alpha value is -1.99. The van der Waals surface area contributed by atoms with E-state index in [1.807, 2.05) is 12.1 Å². The van der Waals surface area contributed by atoms with E-state index in [0.29, 0.717) is 11.5 Å². The molecule has 1 saturated carbocycles. The number of nitrogens with zero attached hydrogens (tertiary/aromatic N) is 3. The van der Waals surface area contributed by atoms with Gasteiger partial charge in [-0.05, 0) is 42.3 Å². The van der Waals surface area contributed by atoms with Crippen molar-refractivity contribution >= 4 is 24.0 Å². The predicted octanol–water partition coefficient (Wildman–Crippen LogP) is 0.718. The van der Waals surface area contributed by atoms with Crippen LogP contribution in [0.5, 0.6) is 0 Å². The second kappa shape index (κ2) is 4.94. The zero-order valence-electron chi connectivity index (χ0n) is 9.96. The lowest BCUT2D eigenvalue weighted by molar-refractivity contribution is -0.118. The van der Waals surface area contributed by atoms with Gasteiger partial charge in [-0.25, -0.2) is 0 Å². The molecule has 0 atom stereocenters. The number of anilines is 1. The lowest BCUT2D eigenvalue weighted by atomic mass is 10.2. The molecule has 1 aromatic heterocycles. The van der Waals surface area contributed by atoms with Gasteiger partial charge in [-0.1, -0.05) is 0 Å². The van der Waals surface area contributed by atoms with Gasteiger partial charge in [-0.3, -0.25) is 4.79 Å². The van der Waals surface area contributed by atoms with Crippen LogP contribution in [0, 0.1) is 0 Å². The van der Waals surface area contributed by atoms with Gasteiger partial charge in [0.25, 0.3) is 0 Å². The van der Waals surface area contributed by atoms with Crippen molar-refractivity contribution < 1.29 is 4.79 Å². The Morgan fingerprint density at radius 1 is 1.32 bits per heavy atom. The fourth-order valence-corrected chi connectivity index (χ4v) is 1.60. The van der Waals surface area contributed by atoms with Crippen molar-refractivity contribution in [3.63, 3.8) is 0 Å². The van der Waals surface area contributed by atoms with Crippen LogP contribution in [0.3, 0.4) is 0 Å². The molecule has 3 rings (SSSR count). The maximum absolute atomic E-state index is 11.7. The minimum Gasteiger partial charge on any atom is -0.324 e. The molecule has 0 unspecified atom stereocenters. The summed E-state index contributed by atoms with van der Waals surface area (Å²) in [6.45, 7) is 0. The fraction of sp³-hybridized carbons (Fsp3) is 0.273. The van der Waals surface area contributed by atoms with Crippen molar-refractivity contribution in [2.75, 3.05) is 5.32 Å². The quantitative estimate of drug-likeness (QED) is 0.767. The number of benzene rings is 1. The zero-order chi connectivity index (χ0) is 12.6. The Balaban J connectivity index is 0.00000133. The molecule has 1 fully saturated rings. The molecule has 0 bridgehead atoms. The highest BCUT2D eigenvalue weighted by atomic mass is 35.5. The monoisotopic (exact) mass is 280 g/mol. The van der Waals surface area contributed by atoms with E-state index >= 15 is 0 Å². The third-order valence-electron chi connectivity index (χ3n) is 2.99. The Labute approximate surface area is 115 Å². The minimum atomic E-state index is -0.660. The van der Waals surface area contributed by atoms with Gasteiger partial charge in [0.05, 0.1) is 5.54 Å². The smallest absolute Gasteiger partial charge is 0.244 e. The molecular formula is C11H13ClN6O. The molecule has 0 saturated heterocycles. The Kier molecular flexibility index (Phi) is 3.50. The van der Waals surface area contributed by atoms with Crippen molar-refractivity contribution in [3.8, 4) is 11.4 Å². The molecule has 1 aliphatic rings. The number of carbonyl (C=O) groups is 1. The Morgan fingerprint density at radius 3 is 2.53 bits per heavy atom. The van der Waals surface area contributed by atoms with Gasteiger partial charge in [0.1, 0.15) is 0 Å². The molecule has 2 aromatic rings. The molecule has 0 aliphatic heterocycles. The summed E-state index contributed by atoms with van der Waals surface area (Å²) in [5.41, 5.74) is 6.68. The lowest BCUT2D eigenvalue weighted by Crippen LogP contribution is -2.37. The number of rotatable bonds is 3. The summed E-state index contributed by atoms with van der Waals surface area (Å²) >= 11 is 0. The largest absolute Gasteiger partial charge is 0.324 e. The van der Waals surface area contributed by atoms with Crippen LogP contribution in [-0.4, -0.2) is 32.1 Å². The summed E-state index contributed by atoms with van der Waals surface area (Å²) in [4.78, 5) is 11.7. The van der Waals surface area contributed by atoms with Crippen LogP contribution in [0.25, 0.3) is 11.4 Å². The highest BCUT2D eigenvalue weighted by Gasteiger charge is 2.45. The number of H-pyrrole nitrogens is 1. The van der Waals surface area contributed by atoms with Gasteiger partial charge in [0, 0.05) is 11.3 Å². The number of aromatic nitrogens is 4. The van der Waals surface area contributed by atoms with Crippen molar-refractivity contribution in [2.45, 2.75) is 18.4 Å². The molecule has 0 radical (unpaired) electrons. The molecule has 1 aliphatic carbocycles. The number of tetrazole rings is 1. The lowest BCUT2D eigenvalue weighted by Gasteiger charge is -2.09. The first-order valence-electron chi connectivity index (χ1n) is 5.62. The topological polar surface area (TPSA) is 110 Å². The number of amides is 1. The highest BCUT2D eigenvalue weighted by Crippen LogP contribution is 2.33. The first-order valence-corrected chi connectivity index (χ1v) is 5.62. The van der Waals surface area contributed by atoms with Crippen LogP contribution in [-0.2, 0) is 4.79 Å². The average molecular weight is 281 g/mol. The van der Waals surface area contributed by atoms with Crippen molar-refractivity contribution in [1.29, 1.82) is 0 Å². The van der Waals surface area contributed by atoms with Gasteiger partial charge in [0.15, 0.2) is 0 Å². The van der Waals surface area contributed by atoms with Crippen molar-refractivity contribution in [3.05, 3.63) is 24.3 Å². The van der Waals surface area contributed by atoms with E-state index < -0.39 is 5.54 Å². The van der Waals surface area contributed by atoms with Gasteiger partial charge < -0.3 is 11.1 Å². The van der Waals surface area contributed by atoms with E-state index in [1.54, 1.807) is 12.1 Å². The normalized spacial score (nSPS) is 15.4. The number of nitrogens with two attached hydrogens (primary N) is 1. The average Bonchev–Trinajstić information content (AvgIpc) is 2.94. The molecule has 8 heteroatoms. The molecule has 1 aromatic carbocycles. The summed E-state index contributed by atoms with van der Waals surface area (Å²) in [6.07, 6.45) is 1.50. The predicted molar refractivity (Wildman–Crippen MR) is 71.6 cm³/mol. The van der Waals surface area contributed by atoms with Gasteiger partial charge >= 0.3 is 0 Å². The summed E-state index contributed by atoms with van der Waals surface area (Å²) < 4.78 is 0. The summed E-state index contributed by atoms with van der Waals surface area (Å²) in [7, 11) is 0. The van der Waals surface area contributed by atoms with E-state index in [1.165, 1.54) is 0 Å². The summed E-state index contributed by atoms with van der Waals surface area (Å²) in [6, 6.07) is 7.21. The molecule has 0 spiro atoms. The molecule has 100 valence electrons. The molecule has 7 nitrogen and oxygen atoms in total. The Bertz CT molecular complexity index is 563. The first kappa shape index (κ1) is 13.4. The third kappa shape index (κ3) is 2.72. The number of hydrogen-bond donors (Lipinski definition) is 3. The van der Waals surface area contributed by atoms with E-state index in [0.717, 1.165) is 18.4 Å². The maximum atomic E-state index is 11.7. The maximum Gasteiger partial charge on any atom is 0.244 e. The molecule has 19 heavy (non-hydrogen) atoms. The van der Waals surface area contributed by atoms with Crippen molar-refractivity contribution in [1.82, 2.24) is 20.6 Å². The fourth-order valence-electron chi connectivity index (χ4n) is 1.60. The molecule has 1 heterocycles. The number of hydrogen-bond acceptors (Lipinski definition) is 5. The standard InChI is InChI=1S/C11H12N6O.ClH/c12-11(5-6-11)10(18)13-8-3-1-7(2-4-8)9-14-16-17-15-9;/h1-4H,5-6,12H2,(H,13,18)(H,14,15,16,17);1H. The highest BCUT2D eigenvalue weighted by molar-refractivity contribution is 6.00. The van der Waals surface area contributed by atoms with E-state index in [9.17, 15) is 4.79 Å². The molecule has 4 N–H and O–H groups in total. The van der Waals surface area contributed by atoms with Crippen LogP contribution in [0.1, 0.15) is 12.8 Å². The number of halogens is 1. The van der Waals surface area contributed by atoms with Crippen molar-refractivity contribution in [2.24, 2.45) is 5.73 Å². The van der Waals surface area contributed by atoms with Crippen LogP contribution in [0.2, 0.25) is 0 Å². The van der Waals surface area contributed by atoms with Crippen LogP contribution < -0.4 is 11.1 Å². The van der Waals surface area contributed by atoms with Gasteiger partial charge in [-0.2, -0.15) is 5.21 Å². The third-order valence-corrected chi connectivity index (χ3v) is 2.99. The van der Waals surface area contributed by atoms with Gasteiger partial charge in [0.2, 0.25) is 11.7 Å². The Morgan fingerprint density at radius 2 is 2.00 bits per heavy atom. The summed E-state index contributed by atoms with van der Waals surface area (Å²) in [5.74, 6) is 0.389. The van der Waals surface area contributed by atoms with E-state index in [2.05, 4.69) is 25.9 Å². The van der Waals surface area contributed by atoms with Crippen LogP contribution >= 0.6 is 12.4 Å². The summed E-state index contributed by atoms with van der Waals surface area (Å²) in [5, 5.41) is 16.4. The zero-order valence-corrected chi connectivity index (χ0v) is 10.8. The van der Waals surface area contributed by atoms with Gasteiger partial charge in [-0.15, -0.1) is 22.6 Å². The first-order chi connectivity index (χ1) is 8.67. The second-order valence-corrected chi connectivity index (χ2v) is 4.42. The molecular weight excluding hydrogens is 268 g/mol.